The molecule has 0 aliphatic heterocycles. The highest BCUT2D eigenvalue weighted by Crippen LogP contribution is 2.37. The van der Waals surface area contributed by atoms with E-state index in [9.17, 15) is 9.59 Å². The van der Waals surface area contributed by atoms with Crippen LogP contribution in [0.4, 0.5) is 0 Å². The van der Waals surface area contributed by atoms with E-state index in [2.05, 4.69) is 19.9 Å². The molecule has 0 atom stereocenters. The first-order chi connectivity index (χ1) is 16.1. The van der Waals surface area contributed by atoms with Gasteiger partial charge in [-0.15, -0.1) is 0 Å². The minimum atomic E-state index is -0.533. The number of nitrogens with one attached hydrogen (secondary N) is 2. The van der Waals surface area contributed by atoms with Gasteiger partial charge in [-0.2, -0.15) is 0 Å². The fourth-order valence-electron chi connectivity index (χ4n) is 3.22. The maximum atomic E-state index is 12.2. The Morgan fingerprint density at radius 2 is 1.73 bits per heavy atom. The Bertz CT molecular complexity index is 1510. The molecule has 5 aromatic rings. The maximum absolute atomic E-state index is 12.2. The third-order valence-corrected chi connectivity index (χ3v) is 4.82. The summed E-state index contributed by atoms with van der Waals surface area (Å²) < 4.78 is 11.9. The largest absolute Gasteiger partial charge is 0.453 e. The van der Waals surface area contributed by atoms with Crippen molar-refractivity contribution in [3.63, 3.8) is 0 Å². The van der Waals surface area contributed by atoms with Gasteiger partial charge in [-0.3, -0.25) is 14.6 Å². The number of nitrogens with zero attached hydrogens (tertiary/aromatic N) is 2. The van der Waals surface area contributed by atoms with Crippen LogP contribution in [0.1, 0.15) is 10.4 Å². The lowest BCUT2D eigenvalue weighted by atomic mass is 10.2. The quantitative estimate of drug-likeness (QED) is 0.366. The second kappa shape index (κ2) is 8.31. The van der Waals surface area contributed by atoms with Crippen LogP contribution in [0.15, 0.2) is 83.9 Å². The SMILES string of the molecule is NC(=O)c1ccc(Oc2cc3[nH]c(-c4ccccn4)nc3cc2Oc2ccc[nH]c2=O)cc1. The Balaban J connectivity index is 1.58. The molecular weight excluding hydrogens is 422 g/mol. The molecule has 0 aliphatic carbocycles. The Kier molecular flexibility index (Phi) is 5.04. The van der Waals surface area contributed by atoms with Gasteiger partial charge in [0.1, 0.15) is 11.4 Å². The Labute approximate surface area is 186 Å². The molecule has 33 heavy (non-hydrogen) atoms. The van der Waals surface area contributed by atoms with Crippen molar-refractivity contribution in [1.82, 2.24) is 19.9 Å². The Morgan fingerprint density at radius 1 is 0.909 bits per heavy atom. The molecule has 0 saturated heterocycles. The van der Waals surface area contributed by atoms with E-state index in [0.29, 0.717) is 39.6 Å². The van der Waals surface area contributed by atoms with Crippen molar-refractivity contribution in [3.8, 4) is 34.5 Å². The van der Waals surface area contributed by atoms with Gasteiger partial charge in [-0.25, -0.2) is 4.98 Å². The highest BCUT2D eigenvalue weighted by Gasteiger charge is 2.16. The number of H-pyrrole nitrogens is 2. The van der Waals surface area contributed by atoms with Gasteiger partial charge >= 0.3 is 0 Å². The Morgan fingerprint density at radius 3 is 2.45 bits per heavy atom. The molecule has 0 radical (unpaired) electrons. The summed E-state index contributed by atoms with van der Waals surface area (Å²) >= 11 is 0. The van der Waals surface area contributed by atoms with Gasteiger partial charge in [0.25, 0.3) is 5.56 Å². The molecule has 0 spiro atoms. The molecule has 1 amide bonds. The van der Waals surface area contributed by atoms with Gasteiger partial charge in [0.05, 0.1) is 11.0 Å². The van der Waals surface area contributed by atoms with Crippen LogP contribution in [-0.4, -0.2) is 25.8 Å². The number of carbonyl (C=O) groups excluding carboxylic acids is 1. The number of aromatic nitrogens is 4. The molecule has 0 saturated carbocycles. The fraction of sp³-hybridized carbons (Fsp3) is 0. The molecule has 4 N–H and O–H groups in total. The molecule has 0 fully saturated rings. The minimum Gasteiger partial charge on any atom is -0.453 e. The predicted molar refractivity (Wildman–Crippen MR) is 121 cm³/mol. The molecule has 9 heteroatoms. The van der Waals surface area contributed by atoms with Gasteiger partial charge in [0.2, 0.25) is 5.91 Å². The summed E-state index contributed by atoms with van der Waals surface area (Å²) in [5.41, 5.74) is 7.26. The number of imidazole rings is 1. The first-order valence-corrected chi connectivity index (χ1v) is 9.95. The lowest BCUT2D eigenvalue weighted by molar-refractivity contribution is 0.100. The summed E-state index contributed by atoms with van der Waals surface area (Å²) in [4.78, 5) is 38.2. The number of primary amides is 1. The normalized spacial score (nSPS) is 10.8. The van der Waals surface area contributed by atoms with Gasteiger partial charge in [-0.05, 0) is 48.5 Å². The van der Waals surface area contributed by atoms with Crippen molar-refractivity contribution >= 4 is 16.9 Å². The lowest BCUT2D eigenvalue weighted by Gasteiger charge is -2.12. The zero-order valence-corrected chi connectivity index (χ0v) is 17.1. The molecule has 3 aromatic heterocycles. The van der Waals surface area contributed by atoms with E-state index in [1.165, 1.54) is 6.20 Å². The highest BCUT2D eigenvalue weighted by molar-refractivity contribution is 5.92. The highest BCUT2D eigenvalue weighted by atomic mass is 16.5. The second-order valence-electron chi connectivity index (χ2n) is 7.07. The van der Waals surface area contributed by atoms with Crippen molar-refractivity contribution in [2.45, 2.75) is 0 Å². The number of ether oxygens (including phenoxy) is 2. The van der Waals surface area contributed by atoms with Crippen molar-refractivity contribution in [3.05, 3.63) is 95.0 Å². The lowest BCUT2D eigenvalue weighted by Crippen LogP contribution is -2.10. The monoisotopic (exact) mass is 439 g/mol. The Hall–Kier alpha value is -4.92. The van der Waals surface area contributed by atoms with Crippen molar-refractivity contribution in [1.29, 1.82) is 0 Å². The van der Waals surface area contributed by atoms with Crippen LogP contribution in [-0.2, 0) is 0 Å². The number of fused-ring (bicyclic) bond motifs is 1. The smallest absolute Gasteiger partial charge is 0.290 e. The average molecular weight is 439 g/mol. The third kappa shape index (κ3) is 4.15. The summed E-state index contributed by atoms with van der Waals surface area (Å²) in [6.45, 7) is 0. The van der Waals surface area contributed by atoms with Gasteiger partial charge < -0.3 is 25.2 Å². The summed E-state index contributed by atoms with van der Waals surface area (Å²) in [7, 11) is 0. The van der Waals surface area contributed by atoms with E-state index < -0.39 is 5.91 Å². The average Bonchev–Trinajstić information content (AvgIpc) is 3.24. The zero-order chi connectivity index (χ0) is 22.8. The second-order valence-corrected chi connectivity index (χ2v) is 7.07. The molecule has 0 bridgehead atoms. The predicted octanol–water partition coefficient (Wildman–Crippen LogP) is 4.00. The van der Waals surface area contributed by atoms with E-state index in [4.69, 9.17) is 15.2 Å². The molecule has 5 rings (SSSR count). The fourth-order valence-corrected chi connectivity index (χ4v) is 3.22. The molecular formula is C24H17N5O4. The van der Waals surface area contributed by atoms with E-state index in [-0.39, 0.29) is 17.1 Å². The molecule has 3 heterocycles. The number of benzene rings is 2. The minimum absolute atomic E-state index is 0.103. The molecule has 0 unspecified atom stereocenters. The van der Waals surface area contributed by atoms with Crippen molar-refractivity contribution in [2.24, 2.45) is 5.73 Å². The van der Waals surface area contributed by atoms with Crippen LogP contribution in [0.25, 0.3) is 22.6 Å². The van der Waals surface area contributed by atoms with Gasteiger partial charge in [0.15, 0.2) is 23.1 Å². The molecule has 162 valence electrons. The van der Waals surface area contributed by atoms with Gasteiger partial charge in [0, 0.05) is 30.1 Å². The first-order valence-electron chi connectivity index (χ1n) is 9.95. The van der Waals surface area contributed by atoms with E-state index in [1.807, 2.05) is 18.2 Å². The van der Waals surface area contributed by atoms with Crippen LogP contribution in [0, 0.1) is 0 Å². The number of pyridine rings is 2. The number of hydrogen-bond donors (Lipinski definition) is 3. The topological polar surface area (TPSA) is 136 Å². The number of nitrogens with two attached hydrogens (primary N) is 1. The molecule has 2 aromatic carbocycles. The van der Waals surface area contributed by atoms with E-state index in [1.54, 1.807) is 54.7 Å². The van der Waals surface area contributed by atoms with E-state index in [0.717, 1.165) is 0 Å². The van der Waals surface area contributed by atoms with Crippen LogP contribution in [0.3, 0.4) is 0 Å². The summed E-state index contributed by atoms with van der Waals surface area (Å²) in [6, 6.07) is 18.5. The number of aromatic amines is 2. The van der Waals surface area contributed by atoms with Crippen LogP contribution < -0.4 is 20.8 Å². The van der Waals surface area contributed by atoms with Crippen molar-refractivity contribution in [2.75, 3.05) is 0 Å². The zero-order valence-electron chi connectivity index (χ0n) is 17.1. The van der Waals surface area contributed by atoms with Crippen molar-refractivity contribution < 1.29 is 14.3 Å². The number of rotatable bonds is 6. The number of carbonyl (C=O) groups is 1. The van der Waals surface area contributed by atoms with Crippen LogP contribution >= 0.6 is 0 Å². The van der Waals surface area contributed by atoms with Crippen LogP contribution in [0.2, 0.25) is 0 Å². The van der Waals surface area contributed by atoms with Gasteiger partial charge in [-0.1, -0.05) is 6.07 Å². The third-order valence-electron chi connectivity index (χ3n) is 4.82. The summed E-state index contributed by atoms with van der Waals surface area (Å²) in [5.74, 6) is 1.24. The number of hydrogen-bond acceptors (Lipinski definition) is 6. The van der Waals surface area contributed by atoms with Crippen LogP contribution in [0.5, 0.6) is 23.0 Å². The molecule has 9 nitrogen and oxygen atoms in total. The first kappa shape index (κ1) is 20.0. The maximum Gasteiger partial charge on any atom is 0.290 e. The standard InChI is InChI=1S/C24H17N5O4/c25-22(30)14-6-8-15(9-7-14)32-20-12-17-18(29-23(28-17)16-4-1-2-10-26-16)13-21(20)33-19-5-3-11-27-24(19)31/h1-13H,(H2,25,30)(H,27,31)(H,28,29). The van der Waals surface area contributed by atoms with E-state index >= 15 is 0 Å². The summed E-state index contributed by atoms with van der Waals surface area (Å²) in [6.07, 6.45) is 3.20. The summed E-state index contributed by atoms with van der Waals surface area (Å²) in [5, 5.41) is 0. The number of amides is 1. The molecule has 0 aliphatic rings.